The van der Waals surface area contributed by atoms with E-state index in [4.69, 9.17) is 0 Å². The fraction of sp³-hybridized carbons (Fsp3) is 0.526. The molecule has 23 heavy (non-hydrogen) atoms. The van der Waals surface area contributed by atoms with Gasteiger partial charge in [-0.3, -0.25) is 4.79 Å². The van der Waals surface area contributed by atoms with Gasteiger partial charge in [-0.25, -0.2) is 0 Å². The van der Waals surface area contributed by atoms with E-state index in [2.05, 4.69) is 41.9 Å². The zero-order valence-corrected chi connectivity index (χ0v) is 14.9. The quantitative estimate of drug-likeness (QED) is 0.902. The molecule has 0 aliphatic carbocycles. The Labute approximate surface area is 142 Å². The summed E-state index contributed by atoms with van der Waals surface area (Å²) < 4.78 is 1.30. The summed E-state index contributed by atoms with van der Waals surface area (Å²) in [5, 5.41) is 6.91. The summed E-state index contributed by atoms with van der Waals surface area (Å²) in [6.45, 7) is 5.12. The smallest absolute Gasteiger partial charge is 0.222 e. The molecule has 3 nitrogen and oxygen atoms in total. The van der Waals surface area contributed by atoms with E-state index in [1.165, 1.54) is 28.5 Å². The highest BCUT2D eigenvalue weighted by Crippen LogP contribution is 2.27. The molecule has 1 aliphatic heterocycles. The van der Waals surface area contributed by atoms with Crippen molar-refractivity contribution >= 4 is 27.3 Å². The predicted octanol–water partition coefficient (Wildman–Crippen LogP) is 3.89. The van der Waals surface area contributed by atoms with Crippen LogP contribution in [-0.2, 0) is 11.3 Å². The predicted molar refractivity (Wildman–Crippen MR) is 97.7 cm³/mol. The molecule has 1 saturated heterocycles. The van der Waals surface area contributed by atoms with E-state index in [0.29, 0.717) is 24.8 Å². The van der Waals surface area contributed by atoms with Crippen molar-refractivity contribution in [2.24, 2.45) is 11.8 Å². The number of thiophene rings is 1. The summed E-state index contributed by atoms with van der Waals surface area (Å²) in [5.41, 5.74) is 1.26. The molecular weight excluding hydrogens is 304 g/mol. The average Bonchev–Trinajstić information content (AvgIpc) is 2.98. The second-order valence-corrected chi connectivity index (χ2v) is 7.71. The van der Waals surface area contributed by atoms with Gasteiger partial charge in [-0.05, 0) is 60.2 Å². The van der Waals surface area contributed by atoms with Gasteiger partial charge in [-0.15, -0.1) is 11.3 Å². The molecule has 124 valence electrons. The standard InChI is InChI=1S/C19H26N2OS/c1-14(15-6-5-9-20-11-15)10-19(22)21(2)12-16-13-23-18-8-4-3-7-17(16)18/h3-4,7-8,13-15,20H,5-6,9-12H2,1-2H3. The van der Waals surface area contributed by atoms with Crippen LogP contribution in [0.3, 0.4) is 0 Å². The number of hydrogen-bond acceptors (Lipinski definition) is 3. The molecule has 2 heterocycles. The monoisotopic (exact) mass is 330 g/mol. The first-order valence-electron chi connectivity index (χ1n) is 8.55. The first-order chi connectivity index (χ1) is 11.1. The van der Waals surface area contributed by atoms with Crippen LogP contribution in [0.2, 0.25) is 0 Å². The fourth-order valence-electron chi connectivity index (χ4n) is 3.46. The Morgan fingerprint density at radius 2 is 2.26 bits per heavy atom. The van der Waals surface area contributed by atoms with Crippen molar-refractivity contribution in [3.05, 3.63) is 35.2 Å². The van der Waals surface area contributed by atoms with Crippen molar-refractivity contribution in [2.45, 2.75) is 32.7 Å². The van der Waals surface area contributed by atoms with Crippen molar-refractivity contribution in [1.82, 2.24) is 10.2 Å². The minimum atomic E-state index is 0.262. The molecule has 1 N–H and O–H groups in total. The topological polar surface area (TPSA) is 32.3 Å². The maximum Gasteiger partial charge on any atom is 0.222 e. The van der Waals surface area contributed by atoms with Crippen LogP contribution in [0.25, 0.3) is 10.1 Å². The van der Waals surface area contributed by atoms with Crippen molar-refractivity contribution in [3.63, 3.8) is 0 Å². The molecule has 1 amide bonds. The lowest BCUT2D eigenvalue weighted by Crippen LogP contribution is -2.36. The molecule has 0 radical (unpaired) electrons. The number of nitrogens with zero attached hydrogens (tertiary/aromatic N) is 1. The van der Waals surface area contributed by atoms with E-state index < -0.39 is 0 Å². The van der Waals surface area contributed by atoms with E-state index in [9.17, 15) is 4.79 Å². The van der Waals surface area contributed by atoms with Gasteiger partial charge < -0.3 is 10.2 Å². The van der Waals surface area contributed by atoms with Gasteiger partial charge in [-0.2, -0.15) is 0 Å². The van der Waals surface area contributed by atoms with Crippen molar-refractivity contribution in [3.8, 4) is 0 Å². The van der Waals surface area contributed by atoms with Gasteiger partial charge in [0.2, 0.25) is 5.91 Å². The lowest BCUT2D eigenvalue weighted by Gasteiger charge is -2.29. The third-order valence-electron chi connectivity index (χ3n) is 5.03. The van der Waals surface area contributed by atoms with Crippen LogP contribution in [0.5, 0.6) is 0 Å². The van der Waals surface area contributed by atoms with Crippen LogP contribution in [-0.4, -0.2) is 30.9 Å². The first-order valence-corrected chi connectivity index (χ1v) is 9.43. The third-order valence-corrected chi connectivity index (χ3v) is 6.04. The van der Waals surface area contributed by atoms with Crippen LogP contribution in [0.4, 0.5) is 0 Å². The number of piperidine rings is 1. The number of nitrogens with one attached hydrogen (secondary N) is 1. The normalized spacial score (nSPS) is 19.7. The van der Waals surface area contributed by atoms with Gasteiger partial charge in [0.05, 0.1) is 0 Å². The molecule has 1 aliphatic rings. The lowest BCUT2D eigenvalue weighted by molar-refractivity contribution is -0.131. The van der Waals surface area contributed by atoms with Crippen LogP contribution < -0.4 is 5.32 Å². The highest BCUT2D eigenvalue weighted by atomic mass is 32.1. The third kappa shape index (κ3) is 3.93. The van der Waals surface area contributed by atoms with Crippen LogP contribution in [0, 0.1) is 11.8 Å². The van der Waals surface area contributed by atoms with Gasteiger partial charge in [-0.1, -0.05) is 25.1 Å². The second kappa shape index (κ2) is 7.45. The Balaban J connectivity index is 1.59. The number of carbonyl (C=O) groups is 1. The SMILES string of the molecule is CC(CC(=O)N(C)Cc1csc2ccccc12)C1CCCNC1. The number of carbonyl (C=O) groups excluding carboxylic acids is 1. The Bertz CT molecular complexity index is 660. The van der Waals surface area contributed by atoms with Gasteiger partial charge in [0.15, 0.2) is 0 Å². The number of amides is 1. The fourth-order valence-corrected chi connectivity index (χ4v) is 4.42. The molecule has 0 spiro atoms. The number of hydrogen-bond donors (Lipinski definition) is 1. The summed E-state index contributed by atoms with van der Waals surface area (Å²) in [6.07, 6.45) is 3.14. The summed E-state index contributed by atoms with van der Waals surface area (Å²) in [4.78, 5) is 14.5. The Hall–Kier alpha value is -1.39. The summed E-state index contributed by atoms with van der Waals surface area (Å²) in [6, 6.07) is 8.43. The van der Waals surface area contributed by atoms with Crippen molar-refractivity contribution in [1.29, 1.82) is 0 Å². The van der Waals surface area contributed by atoms with Crippen molar-refractivity contribution < 1.29 is 4.79 Å². The maximum absolute atomic E-state index is 12.6. The highest BCUT2D eigenvalue weighted by molar-refractivity contribution is 7.17. The zero-order valence-electron chi connectivity index (χ0n) is 14.0. The number of rotatable bonds is 5. The summed E-state index contributed by atoms with van der Waals surface area (Å²) >= 11 is 1.76. The zero-order chi connectivity index (χ0) is 16.2. The van der Waals surface area contributed by atoms with E-state index in [0.717, 1.165) is 13.1 Å². The van der Waals surface area contributed by atoms with Crippen LogP contribution in [0.1, 0.15) is 31.7 Å². The maximum atomic E-state index is 12.6. The molecule has 1 aromatic carbocycles. The van der Waals surface area contributed by atoms with Gasteiger partial charge in [0, 0.05) is 24.7 Å². The van der Waals surface area contributed by atoms with Gasteiger partial charge >= 0.3 is 0 Å². The largest absolute Gasteiger partial charge is 0.341 e. The number of fused-ring (bicyclic) bond motifs is 1. The Kier molecular flexibility index (Phi) is 5.34. The van der Waals surface area contributed by atoms with E-state index >= 15 is 0 Å². The molecule has 4 heteroatoms. The molecule has 0 saturated carbocycles. The molecule has 2 atom stereocenters. The molecule has 0 bridgehead atoms. The summed E-state index contributed by atoms with van der Waals surface area (Å²) in [7, 11) is 1.93. The van der Waals surface area contributed by atoms with Gasteiger partial charge in [0.1, 0.15) is 0 Å². The van der Waals surface area contributed by atoms with E-state index in [-0.39, 0.29) is 5.91 Å². The molecule has 1 aromatic heterocycles. The lowest BCUT2D eigenvalue weighted by atomic mass is 9.85. The molecule has 1 fully saturated rings. The van der Waals surface area contributed by atoms with E-state index in [1.54, 1.807) is 11.3 Å². The van der Waals surface area contributed by atoms with E-state index in [1.807, 2.05) is 11.9 Å². The molecule has 2 unspecified atom stereocenters. The van der Waals surface area contributed by atoms with Crippen LogP contribution >= 0.6 is 11.3 Å². The molecule has 2 aromatic rings. The summed E-state index contributed by atoms with van der Waals surface area (Å²) in [5.74, 6) is 1.36. The van der Waals surface area contributed by atoms with Crippen LogP contribution in [0.15, 0.2) is 29.6 Å². The number of benzene rings is 1. The first kappa shape index (κ1) is 16.5. The second-order valence-electron chi connectivity index (χ2n) is 6.79. The molecular formula is C19H26N2OS. The average molecular weight is 330 g/mol. The Morgan fingerprint density at radius 1 is 1.43 bits per heavy atom. The minimum absolute atomic E-state index is 0.262. The molecule has 3 rings (SSSR count). The highest BCUT2D eigenvalue weighted by Gasteiger charge is 2.23. The van der Waals surface area contributed by atoms with Crippen molar-refractivity contribution in [2.75, 3.05) is 20.1 Å². The van der Waals surface area contributed by atoms with Gasteiger partial charge in [0.25, 0.3) is 0 Å². The Morgan fingerprint density at radius 3 is 3.04 bits per heavy atom. The minimum Gasteiger partial charge on any atom is -0.341 e.